The molecule has 0 radical (unpaired) electrons. The van der Waals surface area contributed by atoms with Crippen LogP contribution in [0.2, 0.25) is 0 Å². The summed E-state index contributed by atoms with van der Waals surface area (Å²) < 4.78 is 0. The minimum absolute atomic E-state index is 0.0461. The highest BCUT2D eigenvalue weighted by Gasteiger charge is 2.15. The predicted molar refractivity (Wildman–Crippen MR) is 76.4 cm³/mol. The lowest BCUT2D eigenvalue weighted by molar-refractivity contribution is 0.0908. The number of aliphatic hydroxyl groups excluding tert-OH is 1. The van der Waals surface area contributed by atoms with Crippen molar-refractivity contribution >= 4 is 11.7 Å². The largest absolute Gasteiger partial charge is 0.394 e. The van der Waals surface area contributed by atoms with Crippen LogP contribution in [0.5, 0.6) is 0 Å². The molecular weight excluding hydrogens is 242 g/mol. The summed E-state index contributed by atoms with van der Waals surface area (Å²) in [5.41, 5.74) is 0.556. The number of nitrogens with zero attached hydrogens (tertiary/aromatic N) is 2. The SMILES string of the molecule is CC(C)CC(CO)NC(=O)c1ccnc(N(C)C)c1. The first-order valence-corrected chi connectivity index (χ1v) is 6.49. The number of carbonyl (C=O) groups is 1. The van der Waals surface area contributed by atoms with Crippen LogP contribution in [0.4, 0.5) is 5.82 Å². The van der Waals surface area contributed by atoms with Gasteiger partial charge in [-0.3, -0.25) is 4.79 Å². The molecule has 1 amide bonds. The van der Waals surface area contributed by atoms with Crippen LogP contribution < -0.4 is 10.2 Å². The van der Waals surface area contributed by atoms with E-state index in [2.05, 4.69) is 24.1 Å². The van der Waals surface area contributed by atoms with Gasteiger partial charge in [-0.25, -0.2) is 4.98 Å². The van der Waals surface area contributed by atoms with Crippen molar-refractivity contribution in [2.45, 2.75) is 26.3 Å². The molecule has 1 aromatic heterocycles. The lowest BCUT2D eigenvalue weighted by atomic mass is 10.0. The molecule has 0 spiro atoms. The van der Waals surface area contributed by atoms with Crippen LogP contribution >= 0.6 is 0 Å². The highest BCUT2D eigenvalue weighted by molar-refractivity contribution is 5.95. The summed E-state index contributed by atoms with van der Waals surface area (Å²) in [6.07, 6.45) is 2.37. The third kappa shape index (κ3) is 4.87. The Morgan fingerprint density at radius 3 is 2.68 bits per heavy atom. The maximum atomic E-state index is 12.1. The monoisotopic (exact) mass is 265 g/mol. The van der Waals surface area contributed by atoms with Crippen molar-refractivity contribution in [2.24, 2.45) is 5.92 Å². The van der Waals surface area contributed by atoms with E-state index in [1.165, 1.54) is 0 Å². The fourth-order valence-corrected chi connectivity index (χ4v) is 1.82. The summed E-state index contributed by atoms with van der Waals surface area (Å²) in [5, 5.41) is 12.1. The molecule has 1 unspecified atom stereocenters. The number of carbonyl (C=O) groups excluding carboxylic acids is 1. The van der Waals surface area contributed by atoms with Gasteiger partial charge in [-0.15, -0.1) is 0 Å². The van der Waals surface area contributed by atoms with Crippen molar-refractivity contribution in [2.75, 3.05) is 25.6 Å². The molecule has 1 aromatic rings. The molecule has 0 bridgehead atoms. The number of aliphatic hydroxyl groups is 1. The summed E-state index contributed by atoms with van der Waals surface area (Å²) in [6, 6.07) is 3.20. The summed E-state index contributed by atoms with van der Waals surface area (Å²) in [5.74, 6) is 0.981. The van der Waals surface area contributed by atoms with Gasteiger partial charge in [-0.1, -0.05) is 13.8 Å². The second-order valence-electron chi connectivity index (χ2n) is 5.28. The second-order valence-corrected chi connectivity index (χ2v) is 5.28. The average Bonchev–Trinajstić information content (AvgIpc) is 2.37. The number of hydrogen-bond acceptors (Lipinski definition) is 4. The smallest absolute Gasteiger partial charge is 0.251 e. The van der Waals surface area contributed by atoms with Crippen molar-refractivity contribution in [3.8, 4) is 0 Å². The fraction of sp³-hybridized carbons (Fsp3) is 0.571. The maximum absolute atomic E-state index is 12.1. The summed E-state index contributed by atoms with van der Waals surface area (Å²) in [4.78, 5) is 18.1. The zero-order valence-electron chi connectivity index (χ0n) is 12.1. The van der Waals surface area contributed by atoms with Gasteiger partial charge < -0.3 is 15.3 Å². The van der Waals surface area contributed by atoms with E-state index in [1.807, 2.05) is 19.0 Å². The Bertz CT molecular complexity index is 419. The zero-order valence-corrected chi connectivity index (χ0v) is 12.1. The molecule has 19 heavy (non-hydrogen) atoms. The maximum Gasteiger partial charge on any atom is 0.251 e. The van der Waals surface area contributed by atoms with Crippen LogP contribution in [-0.4, -0.2) is 42.7 Å². The van der Waals surface area contributed by atoms with E-state index in [9.17, 15) is 9.90 Å². The fourth-order valence-electron chi connectivity index (χ4n) is 1.82. The first kappa shape index (κ1) is 15.4. The van der Waals surface area contributed by atoms with Crippen LogP contribution in [0.1, 0.15) is 30.6 Å². The molecule has 106 valence electrons. The molecule has 5 heteroatoms. The lowest BCUT2D eigenvalue weighted by Crippen LogP contribution is -2.38. The highest BCUT2D eigenvalue weighted by atomic mass is 16.3. The Kier molecular flexibility index (Phi) is 5.76. The van der Waals surface area contributed by atoms with Crippen LogP contribution in [-0.2, 0) is 0 Å². The zero-order chi connectivity index (χ0) is 14.4. The summed E-state index contributed by atoms with van der Waals surface area (Å²) in [6.45, 7) is 4.08. The quantitative estimate of drug-likeness (QED) is 0.813. The summed E-state index contributed by atoms with van der Waals surface area (Å²) in [7, 11) is 3.75. The molecule has 0 saturated carbocycles. The Balaban J connectivity index is 2.74. The topological polar surface area (TPSA) is 65.5 Å². The van der Waals surface area contributed by atoms with Gasteiger partial charge in [-0.2, -0.15) is 0 Å². The Labute approximate surface area is 114 Å². The Morgan fingerprint density at radius 2 is 2.16 bits per heavy atom. The average molecular weight is 265 g/mol. The van der Waals surface area contributed by atoms with Crippen molar-refractivity contribution in [1.29, 1.82) is 0 Å². The molecule has 1 atom stereocenters. The van der Waals surface area contributed by atoms with Gasteiger partial charge in [0, 0.05) is 25.9 Å². The van der Waals surface area contributed by atoms with Crippen molar-refractivity contribution in [3.63, 3.8) is 0 Å². The minimum atomic E-state index is -0.205. The van der Waals surface area contributed by atoms with E-state index in [4.69, 9.17) is 0 Å². The normalized spacial score (nSPS) is 12.3. The number of nitrogens with one attached hydrogen (secondary N) is 1. The molecule has 5 nitrogen and oxygen atoms in total. The first-order chi connectivity index (χ1) is 8.93. The van der Waals surface area contributed by atoms with Gasteiger partial charge in [0.2, 0.25) is 0 Å². The van der Waals surface area contributed by atoms with E-state index in [0.717, 1.165) is 12.2 Å². The molecule has 0 aromatic carbocycles. The van der Waals surface area contributed by atoms with Gasteiger partial charge in [0.15, 0.2) is 0 Å². The van der Waals surface area contributed by atoms with E-state index in [-0.39, 0.29) is 18.6 Å². The van der Waals surface area contributed by atoms with Crippen LogP contribution in [0, 0.1) is 5.92 Å². The molecule has 0 aliphatic heterocycles. The highest BCUT2D eigenvalue weighted by Crippen LogP contribution is 2.11. The molecule has 0 saturated heterocycles. The second kappa shape index (κ2) is 7.09. The lowest BCUT2D eigenvalue weighted by Gasteiger charge is -2.19. The van der Waals surface area contributed by atoms with E-state index < -0.39 is 0 Å². The van der Waals surface area contributed by atoms with Gasteiger partial charge >= 0.3 is 0 Å². The van der Waals surface area contributed by atoms with E-state index >= 15 is 0 Å². The standard InChI is InChI=1S/C14H23N3O2/c1-10(2)7-12(9-18)16-14(19)11-5-6-15-13(8-11)17(3)4/h5-6,8,10,12,18H,7,9H2,1-4H3,(H,16,19). The van der Waals surface area contributed by atoms with E-state index in [0.29, 0.717) is 11.5 Å². The van der Waals surface area contributed by atoms with Crippen LogP contribution in [0.25, 0.3) is 0 Å². The molecular formula is C14H23N3O2. The van der Waals surface area contributed by atoms with Gasteiger partial charge in [-0.05, 0) is 24.5 Å². The molecule has 1 heterocycles. The van der Waals surface area contributed by atoms with Gasteiger partial charge in [0.1, 0.15) is 5.82 Å². The number of hydrogen-bond donors (Lipinski definition) is 2. The van der Waals surface area contributed by atoms with Crippen molar-refractivity contribution < 1.29 is 9.90 Å². The number of aromatic nitrogens is 1. The first-order valence-electron chi connectivity index (χ1n) is 6.49. The number of rotatable bonds is 6. The Hall–Kier alpha value is -1.62. The number of amides is 1. The molecule has 0 aliphatic rings. The molecule has 0 aliphatic carbocycles. The van der Waals surface area contributed by atoms with Gasteiger partial charge in [0.05, 0.1) is 12.6 Å². The van der Waals surface area contributed by atoms with Crippen LogP contribution in [0.3, 0.4) is 0 Å². The predicted octanol–water partition coefficient (Wildman–Crippen LogP) is 1.28. The van der Waals surface area contributed by atoms with Crippen molar-refractivity contribution in [1.82, 2.24) is 10.3 Å². The number of pyridine rings is 1. The molecule has 0 fully saturated rings. The Morgan fingerprint density at radius 1 is 1.47 bits per heavy atom. The third-order valence-corrected chi connectivity index (χ3v) is 2.78. The molecule has 2 N–H and O–H groups in total. The number of anilines is 1. The van der Waals surface area contributed by atoms with Gasteiger partial charge in [0.25, 0.3) is 5.91 Å². The van der Waals surface area contributed by atoms with E-state index in [1.54, 1.807) is 18.3 Å². The van der Waals surface area contributed by atoms with Crippen LogP contribution in [0.15, 0.2) is 18.3 Å². The minimum Gasteiger partial charge on any atom is -0.394 e. The summed E-state index contributed by atoms with van der Waals surface area (Å²) >= 11 is 0. The van der Waals surface area contributed by atoms with Crippen molar-refractivity contribution in [3.05, 3.63) is 23.9 Å². The molecule has 1 rings (SSSR count). The third-order valence-electron chi connectivity index (χ3n) is 2.78.